The Kier molecular flexibility index (Phi) is 4.26. The summed E-state index contributed by atoms with van der Waals surface area (Å²) >= 11 is 0. The highest BCUT2D eigenvalue weighted by Gasteiger charge is 2.22. The van der Waals surface area contributed by atoms with Crippen molar-refractivity contribution < 1.29 is 4.74 Å². The number of hydrogen-bond donors (Lipinski definition) is 1. The molecule has 0 fully saturated rings. The van der Waals surface area contributed by atoms with E-state index in [-0.39, 0.29) is 5.54 Å². The Bertz CT molecular complexity index is 593. The van der Waals surface area contributed by atoms with Crippen LogP contribution in [0.1, 0.15) is 19.4 Å². The standard InChI is InChI=1S/C16H23N3O/c1-16(2,19(3)4)11-20-15-12(9-17)10-18-14-8-6-5-7-13(14)15/h5-8,10H,9,11,17H2,1-4H3. The number of para-hydroxylation sites is 1. The number of fused-ring (bicyclic) bond motifs is 1. The van der Waals surface area contributed by atoms with Crippen molar-refractivity contribution in [2.75, 3.05) is 20.7 Å². The Morgan fingerprint density at radius 1 is 1.25 bits per heavy atom. The average molecular weight is 273 g/mol. The Morgan fingerprint density at radius 3 is 2.60 bits per heavy atom. The predicted octanol–water partition coefficient (Wildman–Crippen LogP) is 2.41. The van der Waals surface area contributed by atoms with E-state index in [1.54, 1.807) is 6.20 Å². The third kappa shape index (κ3) is 2.92. The third-order valence-electron chi connectivity index (χ3n) is 3.80. The van der Waals surface area contributed by atoms with Gasteiger partial charge in [-0.05, 0) is 40.1 Å². The minimum atomic E-state index is -0.0454. The summed E-state index contributed by atoms with van der Waals surface area (Å²) in [7, 11) is 4.11. The minimum Gasteiger partial charge on any atom is -0.491 e. The van der Waals surface area contributed by atoms with Gasteiger partial charge >= 0.3 is 0 Å². The first-order chi connectivity index (χ1) is 9.45. The van der Waals surface area contributed by atoms with Crippen LogP contribution in [0.2, 0.25) is 0 Å². The topological polar surface area (TPSA) is 51.4 Å². The van der Waals surface area contributed by atoms with Crippen LogP contribution >= 0.6 is 0 Å². The van der Waals surface area contributed by atoms with Crippen molar-refractivity contribution in [2.24, 2.45) is 5.73 Å². The normalized spacial score (nSPS) is 12.1. The Labute approximate surface area is 120 Å². The Morgan fingerprint density at radius 2 is 1.95 bits per heavy atom. The summed E-state index contributed by atoms with van der Waals surface area (Å²) in [5, 5.41) is 1.02. The van der Waals surface area contributed by atoms with E-state index in [0.717, 1.165) is 22.2 Å². The van der Waals surface area contributed by atoms with Crippen molar-refractivity contribution in [3.05, 3.63) is 36.0 Å². The molecular formula is C16H23N3O. The molecule has 4 heteroatoms. The largest absolute Gasteiger partial charge is 0.491 e. The summed E-state index contributed by atoms with van der Waals surface area (Å²) in [4.78, 5) is 6.57. The maximum Gasteiger partial charge on any atom is 0.134 e. The van der Waals surface area contributed by atoms with Gasteiger partial charge in [0.25, 0.3) is 0 Å². The van der Waals surface area contributed by atoms with Gasteiger partial charge < -0.3 is 15.4 Å². The van der Waals surface area contributed by atoms with Crippen LogP contribution in [0.3, 0.4) is 0 Å². The Hall–Kier alpha value is -1.65. The van der Waals surface area contributed by atoms with Crippen LogP contribution in [0.25, 0.3) is 10.9 Å². The monoisotopic (exact) mass is 273 g/mol. The van der Waals surface area contributed by atoms with Crippen LogP contribution in [0.4, 0.5) is 0 Å². The second-order valence-electron chi connectivity index (χ2n) is 5.83. The van der Waals surface area contributed by atoms with Crippen LogP contribution in [0.5, 0.6) is 5.75 Å². The van der Waals surface area contributed by atoms with Crippen LogP contribution in [-0.4, -0.2) is 36.1 Å². The van der Waals surface area contributed by atoms with Crippen molar-refractivity contribution in [3.8, 4) is 5.75 Å². The van der Waals surface area contributed by atoms with Gasteiger partial charge in [0.1, 0.15) is 12.4 Å². The van der Waals surface area contributed by atoms with E-state index < -0.39 is 0 Å². The second-order valence-corrected chi connectivity index (χ2v) is 5.83. The maximum absolute atomic E-state index is 6.11. The first-order valence-corrected chi connectivity index (χ1v) is 6.82. The fraction of sp³-hybridized carbons (Fsp3) is 0.438. The molecule has 0 aliphatic heterocycles. The SMILES string of the molecule is CN(C)C(C)(C)COc1c(CN)cnc2ccccc12. The zero-order valence-corrected chi connectivity index (χ0v) is 12.7. The molecule has 0 aliphatic carbocycles. The van der Waals surface area contributed by atoms with Gasteiger partial charge in [0, 0.05) is 29.2 Å². The van der Waals surface area contributed by atoms with Crippen molar-refractivity contribution in [3.63, 3.8) is 0 Å². The van der Waals surface area contributed by atoms with Crippen LogP contribution < -0.4 is 10.5 Å². The molecule has 0 bridgehead atoms. The quantitative estimate of drug-likeness (QED) is 0.909. The molecule has 2 aromatic rings. The van der Waals surface area contributed by atoms with Gasteiger partial charge in [0.15, 0.2) is 0 Å². The first-order valence-electron chi connectivity index (χ1n) is 6.82. The number of rotatable bonds is 5. The summed E-state index contributed by atoms with van der Waals surface area (Å²) < 4.78 is 6.11. The van der Waals surface area contributed by atoms with E-state index in [4.69, 9.17) is 10.5 Å². The van der Waals surface area contributed by atoms with E-state index in [0.29, 0.717) is 13.2 Å². The lowest BCUT2D eigenvalue weighted by Crippen LogP contribution is -2.43. The number of aromatic nitrogens is 1. The van der Waals surface area contributed by atoms with Gasteiger partial charge in [-0.25, -0.2) is 0 Å². The average Bonchev–Trinajstić information content (AvgIpc) is 2.44. The molecule has 0 amide bonds. The van der Waals surface area contributed by atoms with Gasteiger partial charge in [-0.15, -0.1) is 0 Å². The van der Waals surface area contributed by atoms with Gasteiger partial charge in [-0.1, -0.05) is 12.1 Å². The number of ether oxygens (including phenoxy) is 1. The van der Waals surface area contributed by atoms with Gasteiger partial charge in [0.05, 0.1) is 5.52 Å². The summed E-state index contributed by atoms with van der Waals surface area (Å²) in [6, 6.07) is 7.98. The number of likely N-dealkylation sites (N-methyl/N-ethyl adjacent to an activating group) is 1. The van der Waals surface area contributed by atoms with E-state index in [1.165, 1.54) is 0 Å². The van der Waals surface area contributed by atoms with Gasteiger partial charge in [-0.3, -0.25) is 4.98 Å². The Balaban J connectivity index is 2.37. The number of nitrogens with zero attached hydrogens (tertiary/aromatic N) is 2. The molecule has 0 atom stereocenters. The zero-order valence-electron chi connectivity index (χ0n) is 12.7. The predicted molar refractivity (Wildman–Crippen MR) is 82.9 cm³/mol. The van der Waals surface area contributed by atoms with Crippen molar-refractivity contribution in [1.29, 1.82) is 0 Å². The molecule has 0 saturated heterocycles. The van der Waals surface area contributed by atoms with Crippen molar-refractivity contribution >= 4 is 10.9 Å². The highest BCUT2D eigenvalue weighted by atomic mass is 16.5. The molecule has 20 heavy (non-hydrogen) atoms. The molecule has 4 nitrogen and oxygen atoms in total. The molecule has 108 valence electrons. The molecule has 2 N–H and O–H groups in total. The van der Waals surface area contributed by atoms with E-state index in [1.807, 2.05) is 24.3 Å². The molecule has 1 heterocycles. The molecule has 1 aromatic carbocycles. The zero-order chi connectivity index (χ0) is 14.8. The van der Waals surface area contributed by atoms with Crippen LogP contribution in [0, 0.1) is 0 Å². The molecule has 0 spiro atoms. The minimum absolute atomic E-state index is 0.0454. The lowest BCUT2D eigenvalue weighted by molar-refractivity contribution is 0.114. The second kappa shape index (κ2) is 5.77. The number of hydrogen-bond acceptors (Lipinski definition) is 4. The molecule has 0 saturated carbocycles. The maximum atomic E-state index is 6.11. The smallest absolute Gasteiger partial charge is 0.134 e. The van der Waals surface area contributed by atoms with E-state index in [2.05, 4.69) is 37.8 Å². The lowest BCUT2D eigenvalue weighted by atomic mass is 10.1. The molecule has 1 aromatic heterocycles. The molecule has 0 aliphatic rings. The number of benzene rings is 1. The summed E-state index contributed by atoms with van der Waals surface area (Å²) in [5.74, 6) is 0.855. The van der Waals surface area contributed by atoms with Crippen molar-refractivity contribution in [1.82, 2.24) is 9.88 Å². The van der Waals surface area contributed by atoms with Gasteiger partial charge in [-0.2, -0.15) is 0 Å². The first kappa shape index (κ1) is 14.8. The molecule has 0 unspecified atom stereocenters. The highest BCUT2D eigenvalue weighted by Crippen LogP contribution is 2.29. The van der Waals surface area contributed by atoms with Gasteiger partial charge in [0.2, 0.25) is 0 Å². The van der Waals surface area contributed by atoms with E-state index >= 15 is 0 Å². The summed E-state index contributed by atoms with van der Waals surface area (Å²) in [5.41, 5.74) is 7.64. The molecule has 0 radical (unpaired) electrons. The molecule has 2 rings (SSSR count). The van der Waals surface area contributed by atoms with Crippen molar-refractivity contribution in [2.45, 2.75) is 25.9 Å². The summed E-state index contributed by atoms with van der Waals surface area (Å²) in [6.07, 6.45) is 1.81. The highest BCUT2D eigenvalue weighted by molar-refractivity contribution is 5.86. The van der Waals surface area contributed by atoms with Crippen LogP contribution in [-0.2, 0) is 6.54 Å². The van der Waals surface area contributed by atoms with Crippen LogP contribution in [0.15, 0.2) is 30.5 Å². The number of nitrogens with two attached hydrogens (primary N) is 1. The fourth-order valence-electron chi connectivity index (χ4n) is 1.85. The van der Waals surface area contributed by atoms with E-state index in [9.17, 15) is 0 Å². The summed E-state index contributed by atoms with van der Waals surface area (Å²) in [6.45, 7) is 5.33. The lowest BCUT2D eigenvalue weighted by Gasteiger charge is -2.32. The third-order valence-corrected chi connectivity index (χ3v) is 3.80. The fourth-order valence-corrected chi connectivity index (χ4v) is 1.85. The molecular weight excluding hydrogens is 250 g/mol. The number of pyridine rings is 1.